The predicted octanol–water partition coefficient (Wildman–Crippen LogP) is 13.6. The number of hydrogen-bond donors (Lipinski definition) is 0. The number of unbranched alkanes of at least 4 members (excludes halogenated alkanes) is 3. The maximum absolute atomic E-state index is 12.7. The molecule has 272 valence electrons. The smallest absolute Gasteiger partial charge is 0.330 e. The molecule has 2 nitrogen and oxygen atoms in total. The number of ether oxygens (including phenoxy) is 1. The van der Waals surface area contributed by atoms with Crippen LogP contribution in [0, 0.1) is 10.8 Å². The van der Waals surface area contributed by atoms with E-state index in [1.54, 1.807) is 10.4 Å². The van der Waals surface area contributed by atoms with Crippen LogP contribution in [0.4, 0.5) is 0 Å². The zero-order valence-electron chi connectivity index (χ0n) is 33.8. The van der Waals surface area contributed by atoms with Crippen molar-refractivity contribution in [3.8, 4) is 0 Å². The van der Waals surface area contributed by atoms with Crippen LogP contribution in [0.25, 0.3) is 6.08 Å². The number of carbonyl (C=O) groups is 1. The van der Waals surface area contributed by atoms with E-state index in [2.05, 4.69) is 127 Å². The summed E-state index contributed by atoms with van der Waals surface area (Å²) in [7, 11) is 0. The van der Waals surface area contributed by atoms with Crippen molar-refractivity contribution >= 4 is 34.7 Å². The fourth-order valence-corrected chi connectivity index (χ4v) is 9.55. The van der Waals surface area contributed by atoms with Gasteiger partial charge in [-0.25, -0.2) is 4.79 Å². The summed E-state index contributed by atoms with van der Waals surface area (Å²) in [5.41, 5.74) is 3.87. The fourth-order valence-electron chi connectivity index (χ4n) is 5.99. The Morgan fingerprint density at radius 2 is 1.14 bits per heavy atom. The lowest BCUT2D eigenvalue weighted by Gasteiger charge is -2.42. The zero-order valence-corrected chi connectivity index (χ0v) is 35.4. The van der Waals surface area contributed by atoms with Crippen LogP contribution in [0.5, 0.6) is 0 Å². The molecule has 0 aliphatic rings. The van der Waals surface area contributed by atoms with Gasteiger partial charge in [0, 0.05) is 53.7 Å². The van der Waals surface area contributed by atoms with Gasteiger partial charge in [-0.3, -0.25) is 0 Å². The van der Waals surface area contributed by atoms with Crippen molar-refractivity contribution in [2.45, 2.75) is 164 Å². The topological polar surface area (TPSA) is 26.3 Å². The van der Waals surface area contributed by atoms with E-state index in [9.17, 15) is 4.79 Å². The molecule has 0 aliphatic heterocycles. The summed E-state index contributed by atoms with van der Waals surface area (Å²) in [4.78, 5) is 18.6. The molecule has 0 bridgehead atoms. The molecule has 0 saturated heterocycles. The van der Waals surface area contributed by atoms with Crippen LogP contribution in [0.3, 0.4) is 0 Å². The number of carbonyl (C=O) groups excluding carboxylic acids is 1. The van der Waals surface area contributed by atoms with E-state index in [1.165, 1.54) is 52.0 Å². The fraction of sp³-hybridized carbons (Fsp3) is 0.622. The van der Waals surface area contributed by atoms with Gasteiger partial charge >= 0.3 is 5.97 Å². The van der Waals surface area contributed by atoms with E-state index in [-0.39, 0.29) is 38.5 Å². The van der Waals surface area contributed by atoms with Crippen LogP contribution in [0.2, 0.25) is 0 Å². The molecule has 0 aliphatic carbocycles. The minimum absolute atomic E-state index is 0.0556. The molecule has 4 heteroatoms. The molecule has 0 unspecified atom stereocenters. The Bertz CT molecular complexity index is 1550. The molecule has 3 rings (SSSR count). The second-order valence-corrected chi connectivity index (χ2v) is 20.5. The number of rotatable bonds is 15. The summed E-state index contributed by atoms with van der Waals surface area (Å²) in [6.45, 7) is 36.3. The molecule has 0 N–H and O–H groups in total. The van der Waals surface area contributed by atoms with Crippen molar-refractivity contribution in [2.75, 3.05) is 6.61 Å². The molecule has 2 heterocycles. The van der Waals surface area contributed by atoms with Gasteiger partial charge in [-0.2, -0.15) is 0 Å². The van der Waals surface area contributed by atoms with Gasteiger partial charge in [0.15, 0.2) is 0 Å². The Kier molecular flexibility index (Phi) is 13.1. The maximum atomic E-state index is 12.7. The van der Waals surface area contributed by atoms with Crippen LogP contribution in [-0.4, -0.2) is 12.6 Å². The van der Waals surface area contributed by atoms with Crippen molar-refractivity contribution in [1.29, 1.82) is 0 Å². The van der Waals surface area contributed by atoms with Crippen LogP contribution < -0.4 is 0 Å². The third kappa shape index (κ3) is 9.20. The molecular formula is C45H68O2S2. The lowest BCUT2D eigenvalue weighted by atomic mass is 9.64. The summed E-state index contributed by atoms with van der Waals surface area (Å²) < 4.78 is 5.77. The first-order valence-electron chi connectivity index (χ1n) is 18.7. The number of aryl methyl sites for hydroxylation is 1. The van der Waals surface area contributed by atoms with Gasteiger partial charge in [0.1, 0.15) is 0 Å². The highest BCUT2D eigenvalue weighted by atomic mass is 32.1. The minimum atomic E-state index is -0.296. The highest BCUT2D eigenvalue weighted by molar-refractivity contribution is 7.13. The molecule has 3 aromatic rings. The monoisotopic (exact) mass is 704 g/mol. The summed E-state index contributed by atoms with van der Waals surface area (Å²) in [5, 5.41) is 0. The molecule has 0 radical (unpaired) electrons. The first-order valence-corrected chi connectivity index (χ1v) is 20.3. The molecule has 49 heavy (non-hydrogen) atoms. The van der Waals surface area contributed by atoms with Gasteiger partial charge in [-0.05, 0) is 58.6 Å². The third-order valence-corrected chi connectivity index (χ3v) is 16.1. The van der Waals surface area contributed by atoms with Crippen LogP contribution >= 0.6 is 22.7 Å². The molecule has 1 aromatic carbocycles. The Morgan fingerprint density at radius 1 is 0.633 bits per heavy atom. The van der Waals surface area contributed by atoms with Gasteiger partial charge in [-0.15, -0.1) is 22.7 Å². The van der Waals surface area contributed by atoms with Crippen molar-refractivity contribution in [3.63, 3.8) is 0 Å². The van der Waals surface area contributed by atoms with E-state index >= 15 is 0 Å². The highest BCUT2D eigenvalue weighted by Crippen LogP contribution is 2.55. The molecule has 0 atom stereocenters. The third-order valence-electron chi connectivity index (χ3n) is 12.4. The molecule has 0 fully saturated rings. The number of esters is 1. The van der Waals surface area contributed by atoms with E-state index in [4.69, 9.17) is 4.74 Å². The Hall–Kier alpha value is -2.17. The second-order valence-electron chi connectivity index (χ2n) is 18.4. The van der Waals surface area contributed by atoms with Gasteiger partial charge in [0.25, 0.3) is 0 Å². The zero-order chi connectivity index (χ0) is 37.1. The Balaban J connectivity index is 2.03. The van der Waals surface area contributed by atoms with E-state index < -0.39 is 0 Å². The van der Waals surface area contributed by atoms with Crippen molar-refractivity contribution in [3.05, 3.63) is 84.7 Å². The lowest BCUT2D eigenvalue weighted by Crippen LogP contribution is -2.40. The summed E-state index contributed by atoms with van der Waals surface area (Å²) in [5.74, 6) is -0.296. The van der Waals surface area contributed by atoms with E-state index in [0.717, 1.165) is 12.0 Å². The summed E-state index contributed by atoms with van der Waals surface area (Å²) in [6.07, 6.45) is 10.3. The Morgan fingerprint density at radius 3 is 1.67 bits per heavy atom. The summed E-state index contributed by atoms with van der Waals surface area (Å²) >= 11 is 4.05. The first-order chi connectivity index (χ1) is 22.5. The molecule has 2 aromatic heterocycles. The van der Waals surface area contributed by atoms with Gasteiger partial charge in [0.05, 0.1) is 6.61 Å². The lowest BCUT2D eigenvalue weighted by molar-refractivity contribution is -0.137. The van der Waals surface area contributed by atoms with E-state index in [1.807, 2.05) is 47.7 Å². The van der Waals surface area contributed by atoms with Crippen LogP contribution in [0.1, 0.15) is 166 Å². The van der Waals surface area contributed by atoms with Crippen LogP contribution in [0.15, 0.2) is 48.5 Å². The largest absolute Gasteiger partial charge is 0.462 e. The number of hydrogen-bond acceptors (Lipinski definition) is 4. The Labute approximate surface area is 309 Å². The predicted molar refractivity (Wildman–Crippen MR) is 218 cm³/mol. The average Bonchev–Trinajstić information content (AvgIpc) is 3.64. The quantitative estimate of drug-likeness (QED) is 0.0894. The highest BCUT2D eigenvalue weighted by Gasteiger charge is 2.46. The van der Waals surface area contributed by atoms with E-state index in [0.29, 0.717) is 13.0 Å². The molecule has 0 amide bonds. The molecular weight excluding hydrogens is 637 g/mol. The molecule has 0 saturated carbocycles. The average molecular weight is 705 g/mol. The summed E-state index contributed by atoms with van der Waals surface area (Å²) in [6, 6.07) is 14.9. The van der Waals surface area contributed by atoms with Crippen molar-refractivity contribution < 1.29 is 9.53 Å². The number of thiophene rings is 2. The minimum Gasteiger partial charge on any atom is -0.462 e. The van der Waals surface area contributed by atoms with Gasteiger partial charge < -0.3 is 4.74 Å². The maximum Gasteiger partial charge on any atom is 0.330 e. The van der Waals surface area contributed by atoms with Crippen molar-refractivity contribution in [2.24, 2.45) is 10.8 Å². The molecule has 0 spiro atoms. The standard InChI is InChI=1S/C45H68O2S2/c1-16-17-18-22-25-33-30-35(42(8,9)40(2,3)4)48-39(33)45(14,15)43(10,11)36-31-34(38(49-36)44(12,13)41(5,6)7)28-29-47-37(46)27-26-32-23-20-19-21-24-32/h19-21,23-24,26-27,30-31H,16-18,22,25,28-29H2,1-15H3/b27-26+. The first kappa shape index (κ1) is 41.3. The van der Waals surface area contributed by atoms with Crippen LogP contribution in [-0.2, 0) is 44.0 Å². The van der Waals surface area contributed by atoms with Crippen molar-refractivity contribution in [1.82, 2.24) is 0 Å². The second kappa shape index (κ2) is 15.6. The normalized spacial score (nSPS) is 13.8. The van der Waals surface area contributed by atoms with Gasteiger partial charge in [-0.1, -0.05) is 153 Å². The number of benzene rings is 1. The van der Waals surface area contributed by atoms with Gasteiger partial charge in [0.2, 0.25) is 0 Å². The SMILES string of the molecule is CCCCCCc1cc(C(C)(C)C(C)(C)C)sc1C(C)(C)C(C)(C)c1cc(CCOC(=O)/C=C/c2ccccc2)c(C(C)(C)C(C)(C)C)s1.